The van der Waals surface area contributed by atoms with Crippen molar-refractivity contribution in [1.29, 1.82) is 0 Å². The lowest BCUT2D eigenvalue weighted by Crippen LogP contribution is -2.39. The van der Waals surface area contributed by atoms with Crippen molar-refractivity contribution in [2.24, 2.45) is 11.8 Å². The number of nitrogens with zero attached hydrogens (tertiary/aromatic N) is 5. The normalized spacial score (nSPS) is 21.3. The highest BCUT2D eigenvalue weighted by Gasteiger charge is 2.39. The Labute approximate surface area is 236 Å². The maximum Gasteiger partial charge on any atom is 0.269 e. The first kappa shape index (κ1) is 25.9. The molecule has 11 nitrogen and oxygen atoms in total. The van der Waals surface area contributed by atoms with Gasteiger partial charge in [-0.1, -0.05) is 31.0 Å². The van der Waals surface area contributed by atoms with Crippen LogP contribution in [0, 0.1) is 18.8 Å². The molecular formula is C29H31N7O4S. The van der Waals surface area contributed by atoms with Crippen LogP contribution in [0.4, 0.5) is 11.4 Å². The smallest absolute Gasteiger partial charge is 0.269 e. The molecule has 2 aliphatic rings. The maximum absolute atomic E-state index is 13.5. The van der Waals surface area contributed by atoms with E-state index in [2.05, 4.69) is 32.7 Å². The van der Waals surface area contributed by atoms with Crippen LogP contribution in [0.2, 0.25) is 0 Å². The summed E-state index contributed by atoms with van der Waals surface area (Å²) in [5.74, 6) is 1.60. The maximum atomic E-state index is 13.5. The van der Waals surface area contributed by atoms with Crippen LogP contribution in [0.25, 0.3) is 16.8 Å². The highest BCUT2D eigenvalue weighted by atomic mass is 32.2. The van der Waals surface area contributed by atoms with E-state index in [4.69, 9.17) is 0 Å². The van der Waals surface area contributed by atoms with Crippen molar-refractivity contribution in [2.45, 2.75) is 62.8 Å². The summed E-state index contributed by atoms with van der Waals surface area (Å²) in [6.07, 6.45) is 7.79. The molecule has 2 aliphatic carbocycles. The van der Waals surface area contributed by atoms with Gasteiger partial charge < -0.3 is 10.6 Å². The van der Waals surface area contributed by atoms with Gasteiger partial charge in [0.05, 0.1) is 16.6 Å². The van der Waals surface area contributed by atoms with E-state index >= 15 is 0 Å². The fourth-order valence-electron chi connectivity index (χ4n) is 6.19. The van der Waals surface area contributed by atoms with Crippen molar-refractivity contribution >= 4 is 38.2 Å². The van der Waals surface area contributed by atoms with Crippen molar-refractivity contribution in [1.82, 2.24) is 23.6 Å². The number of anilines is 2. The van der Waals surface area contributed by atoms with E-state index in [1.54, 1.807) is 36.5 Å². The topological polar surface area (TPSA) is 140 Å². The molecule has 0 aliphatic heterocycles. The predicted octanol–water partition coefficient (Wildman–Crippen LogP) is 3.43. The lowest BCUT2D eigenvalue weighted by atomic mass is 9.93. The number of nitrogens with one attached hydrogen (secondary N) is 2. The third-order valence-electron chi connectivity index (χ3n) is 8.71. The molecule has 0 spiro atoms. The lowest BCUT2D eigenvalue weighted by Gasteiger charge is -2.19. The van der Waals surface area contributed by atoms with Gasteiger partial charge in [0, 0.05) is 24.7 Å². The third kappa shape index (κ3) is 4.23. The minimum atomic E-state index is -3.86. The van der Waals surface area contributed by atoms with Gasteiger partial charge in [0.2, 0.25) is 0 Å². The fourth-order valence-corrected chi connectivity index (χ4v) is 7.49. The summed E-state index contributed by atoms with van der Waals surface area (Å²) in [6.45, 7) is 4.76. The van der Waals surface area contributed by atoms with E-state index in [1.165, 1.54) is 10.2 Å². The van der Waals surface area contributed by atoms with Crippen LogP contribution in [0.15, 0.2) is 57.2 Å². The van der Waals surface area contributed by atoms with Crippen molar-refractivity contribution < 1.29 is 8.42 Å². The van der Waals surface area contributed by atoms with E-state index in [0.29, 0.717) is 40.5 Å². The molecular weight excluding hydrogens is 542 g/mol. The predicted molar refractivity (Wildman–Crippen MR) is 156 cm³/mol. The molecule has 7 rings (SSSR count). The summed E-state index contributed by atoms with van der Waals surface area (Å²) in [4.78, 5) is 29.3. The summed E-state index contributed by atoms with van der Waals surface area (Å²) in [5, 5.41) is 15.5. The van der Waals surface area contributed by atoms with E-state index in [0.717, 1.165) is 43.6 Å². The first-order chi connectivity index (χ1) is 19.8. The van der Waals surface area contributed by atoms with Crippen LogP contribution in [0.1, 0.15) is 56.3 Å². The molecule has 212 valence electrons. The summed E-state index contributed by atoms with van der Waals surface area (Å²) in [6, 6.07) is 8.46. The molecule has 2 N–H and O–H groups in total. The first-order valence-corrected chi connectivity index (χ1v) is 15.6. The monoisotopic (exact) mass is 573 g/mol. The summed E-state index contributed by atoms with van der Waals surface area (Å²) in [7, 11) is -3.86. The van der Waals surface area contributed by atoms with Crippen LogP contribution in [-0.2, 0) is 10.0 Å². The Kier molecular flexibility index (Phi) is 6.00. The highest BCUT2D eigenvalue weighted by molar-refractivity contribution is 7.90. The standard InChI is InChI=1S/C29H31N7O4S/c1-3-18-12-19(32-25-24(26(37)27(25)38)30-14-17-6-7-17)13-21(18)28-34-33-23-15-31-29-22(36(23)28)10-11-35(29)41(39,40)20-8-4-16(2)5-9-20/h4-5,8-11,15,17-19,21,30,32H,3,6-7,12-14H2,1-2H3/t18-,19+,21+/m1/s1. The Bertz CT molecular complexity index is 1960. The van der Waals surface area contributed by atoms with E-state index in [1.807, 2.05) is 11.3 Å². The second-order valence-electron chi connectivity index (χ2n) is 11.5. The molecule has 41 heavy (non-hydrogen) atoms. The molecule has 0 bridgehead atoms. The molecule has 0 radical (unpaired) electrons. The van der Waals surface area contributed by atoms with Gasteiger partial charge in [-0.25, -0.2) is 17.4 Å². The molecule has 0 saturated heterocycles. The summed E-state index contributed by atoms with van der Waals surface area (Å²) >= 11 is 0. The first-order valence-electron chi connectivity index (χ1n) is 14.1. The van der Waals surface area contributed by atoms with Gasteiger partial charge in [0.1, 0.15) is 17.2 Å². The quantitative estimate of drug-likeness (QED) is 0.254. The van der Waals surface area contributed by atoms with Crippen LogP contribution >= 0.6 is 0 Å². The SMILES string of the molecule is CC[C@@H]1C[C@H](Nc2c(NCC3CC3)c(=O)c2=O)C[C@@H]1c1nnc2cnc3c(ccn3S(=O)(=O)c3ccc(C)cc3)n12. The van der Waals surface area contributed by atoms with E-state index in [9.17, 15) is 18.0 Å². The Hall–Kier alpha value is -4.06. The number of fused-ring (bicyclic) bond motifs is 3. The molecule has 2 saturated carbocycles. The molecule has 3 heterocycles. The average Bonchev–Trinajstić information content (AvgIpc) is 3.33. The zero-order valence-corrected chi connectivity index (χ0v) is 23.7. The number of hydrogen-bond acceptors (Lipinski definition) is 9. The number of aryl methyl sites for hydroxylation is 1. The fraction of sp³-hybridized carbons (Fsp3) is 0.414. The zero-order valence-electron chi connectivity index (χ0n) is 22.9. The molecule has 0 amide bonds. The minimum absolute atomic E-state index is 0.00841. The van der Waals surface area contributed by atoms with Gasteiger partial charge in [0.25, 0.3) is 20.9 Å². The third-order valence-corrected chi connectivity index (χ3v) is 10.4. The van der Waals surface area contributed by atoms with E-state index in [-0.39, 0.29) is 22.8 Å². The summed E-state index contributed by atoms with van der Waals surface area (Å²) in [5.41, 5.74) is 2.32. The molecule has 5 aromatic rings. The van der Waals surface area contributed by atoms with Gasteiger partial charge in [-0.15, -0.1) is 10.2 Å². The van der Waals surface area contributed by atoms with Crippen molar-refractivity contribution in [3.8, 4) is 0 Å². The zero-order chi connectivity index (χ0) is 28.5. The number of aromatic nitrogens is 5. The van der Waals surface area contributed by atoms with E-state index < -0.39 is 20.9 Å². The van der Waals surface area contributed by atoms with Crippen molar-refractivity contribution in [3.05, 3.63) is 74.6 Å². The van der Waals surface area contributed by atoms with Crippen LogP contribution < -0.4 is 21.5 Å². The van der Waals surface area contributed by atoms with Crippen molar-refractivity contribution in [3.63, 3.8) is 0 Å². The lowest BCUT2D eigenvalue weighted by molar-refractivity contribution is 0.451. The molecule has 3 aromatic heterocycles. The molecule has 3 atom stereocenters. The molecule has 2 aromatic carbocycles. The molecule has 2 fully saturated rings. The summed E-state index contributed by atoms with van der Waals surface area (Å²) < 4.78 is 30.1. The Morgan fingerprint density at radius 1 is 1.00 bits per heavy atom. The van der Waals surface area contributed by atoms with Crippen LogP contribution in [-0.4, -0.2) is 44.6 Å². The van der Waals surface area contributed by atoms with Crippen LogP contribution in [0.3, 0.4) is 0 Å². The van der Waals surface area contributed by atoms with Gasteiger partial charge in [-0.05, 0) is 62.6 Å². The molecule has 12 heteroatoms. The highest BCUT2D eigenvalue weighted by Crippen LogP contribution is 2.43. The number of hydrogen-bond donors (Lipinski definition) is 2. The second kappa shape index (κ2) is 9.51. The largest absolute Gasteiger partial charge is 0.380 e. The number of rotatable bonds is 9. The van der Waals surface area contributed by atoms with Gasteiger partial charge >= 0.3 is 0 Å². The van der Waals surface area contributed by atoms with Gasteiger partial charge in [0.15, 0.2) is 11.3 Å². The Balaban J connectivity index is 1.21. The van der Waals surface area contributed by atoms with Crippen LogP contribution in [0.5, 0.6) is 0 Å². The average molecular weight is 574 g/mol. The van der Waals surface area contributed by atoms with Gasteiger partial charge in [-0.2, -0.15) is 0 Å². The Morgan fingerprint density at radius 3 is 2.49 bits per heavy atom. The van der Waals surface area contributed by atoms with Crippen molar-refractivity contribution in [2.75, 3.05) is 17.2 Å². The Morgan fingerprint density at radius 2 is 1.76 bits per heavy atom. The van der Waals surface area contributed by atoms with Gasteiger partial charge in [-0.3, -0.25) is 14.0 Å². The number of benzene rings is 1. The minimum Gasteiger partial charge on any atom is -0.380 e. The second-order valence-corrected chi connectivity index (χ2v) is 13.3. The molecule has 0 unspecified atom stereocenters.